The number of ether oxygens (including phenoxy) is 1. The van der Waals surface area contributed by atoms with Crippen molar-refractivity contribution in [2.75, 3.05) is 6.61 Å². The number of hydrogen-bond donors (Lipinski definition) is 0. The van der Waals surface area contributed by atoms with Crippen molar-refractivity contribution >= 4 is 6.47 Å². The van der Waals surface area contributed by atoms with Gasteiger partial charge in [0.15, 0.2) is 0 Å². The number of carbonyl (C=O) groups excluding carboxylic acids is 1. The fourth-order valence-corrected chi connectivity index (χ4v) is 2.44. The third-order valence-electron chi connectivity index (χ3n) is 4.01. The molecule has 0 spiro atoms. The fourth-order valence-electron chi connectivity index (χ4n) is 2.44. The van der Waals surface area contributed by atoms with E-state index >= 15 is 0 Å². The Morgan fingerprint density at radius 2 is 1.56 bits per heavy atom. The molecule has 18 heavy (non-hydrogen) atoms. The Morgan fingerprint density at radius 1 is 0.944 bits per heavy atom. The largest absolute Gasteiger partial charge is 0.468 e. The molecule has 0 radical (unpaired) electrons. The maximum Gasteiger partial charge on any atom is 0.293 e. The van der Waals surface area contributed by atoms with Crippen molar-refractivity contribution in [3.63, 3.8) is 0 Å². The van der Waals surface area contributed by atoms with Gasteiger partial charge in [0.25, 0.3) is 6.47 Å². The van der Waals surface area contributed by atoms with Crippen LogP contribution in [0.2, 0.25) is 0 Å². The lowest BCUT2D eigenvalue weighted by atomic mass is 9.95. The Balaban J connectivity index is 3.26. The van der Waals surface area contributed by atoms with Crippen LogP contribution in [0.1, 0.15) is 78.6 Å². The third kappa shape index (κ3) is 10.6. The summed E-state index contributed by atoms with van der Waals surface area (Å²) in [7, 11) is 0. The number of carbonyl (C=O) groups is 1. The summed E-state index contributed by atoms with van der Waals surface area (Å²) in [6.07, 6.45) is 11.8. The molecule has 108 valence electrons. The molecule has 0 heterocycles. The zero-order chi connectivity index (χ0) is 13.6. The second-order valence-electron chi connectivity index (χ2n) is 5.53. The van der Waals surface area contributed by atoms with Gasteiger partial charge in [-0.2, -0.15) is 0 Å². The molecule has 0 saturated heterocycles. The van der Waals surface area contributed by atoms with E-state index in [-0.39, 0.29) is 0 Å². The number of unbranched alkanes of at least 4 members (excludes halogenated alkanes) is 3. The fraction of sp³-hybridized carbons (Fsp3) is 0.938. The van der Waals surface area contributed by atoms with Gasteiger partial charge in [-0.15, -0.1) is 0 Å². The minimum atomic E-state index is 0.546. The molecule has 0 N–H and O–H groups in total. The van der Waals surface area contributed by atoms with Gasteiger partial charge in [-0.3, -0.25) is 4.79 Å². The van der Waals surface area contributed by atoms with E-state index in [0.29, 0.717) is 19.0 Å². The highest BCUT2D eigenvalue weighted by Gasteiger charge is 2.04. The van der Waals surface area contributed by atoms with Crippen LogP contribution in [0.4, 0.5) is 0 Å². The molecule has 1 unspecified atom stereocenters. The maximum absolute atomic E-state index is 10.0. The molecule has 0 amide bonds. The van der Waals surface area contributed by atoms with Gasteiger partial charge in [0.2, 0.25) is 0 Å². The van der Waals surface area contributed by atoms with Crippen LogP contribution in [0.5, 0.6) is 0 Å². The van der Waals surface area contributed by atoms with Crippen LogP contribution in [-0.2, 0) is 9.53 Å². The van der Waals surface area contributed by atoms with E-state index in [1.54, 1.807) is 0 Å². The number of hydrogen-bond acceptors (Lipinski definition) is 2. The monoisotopic (exact) mass is 256 g/mol. The van der Waals surface area contributed by atoms with Crippen molar-refractivity contribution in [2.45, 2.75) is 78.6 Å². The Bertz CT molecular complexity index is 176. The summed E-state index contributed by atoms with van der Waals surface area (Å²) in [5, 5.41) is 0. The van der Waals surface area contributed by atoms with E-state index in [0.717, 1.165) is 12.3 Å². The molecule has 2 heteroatoms. The summed E-state index contributed by atoms with van der Waals surface area (Å²) in [6, 6.07) is 0. The standard InChI is InChI=1S/C16H32O2/c1-4-16(5-2)11-9-7-6-8-10-15(3)12-13-18-14-17/h14-16H,4-13H2,1-3H3. The van der Waals surface area contributed by atoms with Gasteiger partial charge in [-0.25, -0.2) is 0 Å². The molecule has 2 nitrogen and oxygen atoms in total. The highest BCUT2D eigenvalue weighted by atomic mass is 16.5. The van der Waals surface area contributed by atoms with E-state index in [1.165, 1.54) is 51.4 Å². The molecule has 0 aliphatic rings. The topological polar surface area (TPSA) is 26.3 Å². The zero-order valence-electron chi connectivity index (χ0n) is 12.6. The average Bonchev–Trinajstić information content (AvgIpc) is 2.38. The first-order valence-corrected chi connectivity index (χ1v) is 7.79. The third-order valence-corrected chi connectivity index (χ3v) is 4.01. The summed E-state index contributed by atoms with van der Waals surface area (Å²) < 4.78 is 4.72. The predicted octanol–water partition coefficient (Wildman–Crippen LogP) is 4.96. The second kappa shape index (κ2) is 12.9. The van der Waals surface area contributed by atoms with Crippen LogP contribution in [-0.4, -0.2) is 13.1 Å². The Kier molecular flexibility index (Phi) is 12.5. The summed E-state index contributed by atoms with van der Waals surface area (Å²) in [6.45, 7) is 7.98. The summed E-state index contributed by atoms with van der Waals surface area (Å²) in [4.78, 5) is 10.0. The van der Waals surface area contributed by atoms with Crippen molar-refractivity contribution in [3.8, 4) is 0 Å². The molecule has 0 saturated carbocycles. The first-order valence-electron chi connectivity index (χ1n) is 7.79. The molecule has 0 bridgehead atoms. The molecule has 1 atom stereocenters. The van der Waals surface area contributed by atoms with Gasteiger partial charge in [0.05, 0.1) is 6.61 Å². The molecule has 0 fully saturated rings. The van der Waals surface area contributed by atoms with Crippen molar-refractivity contribution in [2.24, 2.45) is 11.8 Å². The van der Waals surface area contributed by atoms with Gasteiger partial charge in [-0.1, -0.05) is 72.1 Å². The molecular weight excluding hydrogens is 224 g/mol. The highest BCUT2D eigenvalue weighted by molar-refractivity contribution is 5.36. The molecule has 0 aliphatic heterocycles. The van der Waals surface area contributed by atoms with E-state index in [2.05, 4.69) is 20.8 Å². The lowest BCUT2D eigenvalue weighted by Crippen LogP contribution is -2.01. The summed E-state index contributed by atoms with van der Waals surface area (Å²) >= 11 is 0. The molecule has 0 aromatic heterocycles. The normalized spacial score (nSPS) is 12.7. The maximum atomic E-state index is 10.0. The van der Waals surface area contributed by atoms with Crippen molar-refractivity contribution < 1.29 is 9.53 Å². The first kappa shape index (κ1) is 17.5. The van der Waals surface area contributed by atoms with Crippen molar-refractivity contribution in [1.82, 2.24) is 0 Å². The van der Waals surface area contributed by atoms with Crippen LogP contribution in [0.25, 0.3) is 0 Å². The van der Waals surface area contributed by atoms with Crippen LogP contribution < -0.4 is 0 Å². The van der Waals surface area contributed by atoms with Gasteiger partial charge in [0, 0.05) is 0 Å². The highest BCUT2D eigenvalue weighted by Crippen LogP contribution is 2.18. The lowest BCUT2D eigenvalue weighted by molar-refractivity contribution is -0.129. The first-order chi connectivity index (χ1) is 8.74. The predicted molar refractivity (Wildman–Crippen MR) is 77.6 cm³/mol. The zero-order valence-corrected chi connectivity index (χ0v) is 12.6. The van der Waals surface area contributed by atoms with Crippen LogP contribution >= 0.6 is 0 Å². The quantitative estimate of drug-likeness (QED) is 0.344. The van der Waals surface area contributed by atoms with E-state index in [4.69, 9.17) is 4.74 Å². The number of rotatable bonds is 13. The molecule has 0 aromatic rings. The molecule has 0 aromatic carbocycles. The minimum Gasteiger partial charge on any atom is -0.468 e. The van der Waals surface area contributed by atoms with Crippen LogP contribution in [0.15, 0.2) is 0 Å². The average molecular weight is 256 g/mol. The van der Waals surface area contributed by atoms with Gasteiger partial charge in [-0.05, 0) is 18.3 Å². The molecule has 0 aliphatic carbocycles. The smallest absolute Gasteiger partial charge is 0.293 e. The molecular formula is C16H32O2. The second-order valence-corrected chi connectivity index (χ2v) is 5.53. The Morgan fingerprint density at radius 3 is 2.11 bits per heavy atom. The Labute approximate surface area is 113 Å². The summed E-state index contributed by atoms with van der Waals surface area (Å²) in [5.74, 6) is 1.63. The minimum absolute atomic E-state index is 0.546. The summed E-state index contributed by atoms with van der Waals surface area (Å²) in [5.41, 5.74) is 0. The van der Waals surface area contributed by atoms with Crippen LogP contribution in [0.3, 0.4) is 0 Å². The van der Waals surface area contributed by atoms with Crippen LogP contribution in [0, 0.1) is 11.8 Å². The van der Waals surface area contributed by atoms with E-state index in [9.17, 15) is 4.79 Å². The lowest BCUT2D eigenvalue weighted by Gasteiger charge is -2.12. The van der Waals surface area contributed by atoms with Gasteiger partial charge in [0.1, 0.15) is 0 Å². The van der Waals surface area contributed by atoms with Gasteiger partial charge < -0.3 is 4.74 Å². The van der Waals surface area contributed by atoms with Crippen molar-refractivity contribution in [1.29, 1.82) is 0 Å². The van der Waals surface area contributed by atoms with Crippen molar-refractivity contribution in [3.05, 3.63) is 0 Å². The SMILES string of the molecule is CCC(CC)CCCCCCC(C)CCOC=O. The van der Waals surface area contributed by atoms with E-state index < -0.39 is 0 Å². The van der Waals surface area contributed by atoms with E-state index in [1.807, 2.05) is 0 Å². The van der Waals surface area contributed by atoms with Gasteiger partial charge >= 0.3 is 0 Å². The molecule has 0 rings (SSSR count). The Hall–Kier alpha value is -0.530.